The van der Waals surface area contributed by atoms with E-state index >= 15 is 0 Å². The molecular formula is C10H11FO2. The van der Waals surface area contributed by atoms with E-state index in [1.807, 2.05) is 13.8 Å². The highest BCUT2D eigenvalue weighted by Crippen LogP contribution is 2.20. The van der Waals surface area contributed by atoms with Crippen molar-refractivity contribution in [3.8, 4) is 0 Å². The van der Waals surface area contributed by atoms with Crippen molar-refractivity contribution in [2.45, 2.75) is 19.8 Å². The van der Waals surface area contributed by atoms with Crippen molar-refractivity contribution in [2.24, 2.45) is 0 Å². The second-order valence-electron chi connectivity index (χ2n) is 3.19. The fourth-order valence-corrected chi connectivity index (χ4v) is 1.22. The van der Waals surface area contributed by atoms with E-state index in [-0.39, 0.29) is 11.5 Å². The maximum absolute atomic E-state index is 12.7. The van der Waals surface area contributed by atoms with Crippen LogP contribution in [0.25, 0.3) is 0 Å². The van der Waals surface area contributed by atoms with Crippen LogP contribution in [0.4, 0.5) is 4.39 Å². The van der Waals surface area contributed by atoms with E-state index in [1.165, 1.54) is 12.1 Å². The fourth-order valence-electron chi connectivity index (χ4n) is 1.22. The van der Waals surface area contributed by atoms with Crippen LogP contribution in [0.3, 0.4) is 0 Å². The molecule has 0 aliphatic heterocycles. The molecule has 3 heteroatoms. The molecule has 13 heavy (non-hydrogen) atoms. The van der Waals surface area contributed by atoms with E-state index in [4.69, 9.17) is 5.11 Å². The lowest BCUT2D eigenvalue weighted by Gasteiger charge is -2.08. The number of carboxylic acids is 1. The minimum absolute atomic E-state index is 0.0509. The predicted octanol–water partition coefficient (Wildman–Crippen LogP) is 2.65. The van der Waals surface area contributed by atoms with Gasteiger partial charge in [0.05, 0.1) is 5.56 Å². The minimum atomic E-state index is -1.08. The zero-order valence-corrected chi connectivity index (χ0v) is 7.54. The van der Waals surface area contributed by atoms with Gasteiger partial charge >= 0.3 is 5.97 Å². The van der Waals surface area contributed by atoms with Gasteiger partial charge in [-0.25, -0.2) is 9.18 Å². The molecule has 0 radical (unpaired) electrons. The number of hydrogen-bond donors (Lipinski definition) is 1. The Hall–Kier alpha value is -1.38. The van der Waals surface area contributed by atoms with Gasteiger partial charge in [0.2, 0.25) is 0 Å². The maximum Gasteiger partial charge on any atom is 0.336 e. The van der Waals surface area contributed by atoms with Gasteiger partial charge in [-0.05, 0) is 23.6 Å². The summed E-state index contributed by atoms with van der Waals surface area (Å²) in [6, 6.07) is 3.85. The van der Waals surface area contributed by atoms with Crippen molar-refractivity contribution >= 4 is 5.97 Å². The van der Waals surface area contributed by atoms with E-state index in [1.54, 1.807) is 0 Å². The summed E-state index contributed by atoms with van der Waals surface area (Å²) >= 11 is 0. The highest BCUT2D eigenvalue weighted by atomic mass is 19.1. The summed E-state index contributed by atoms with van der Waals surface area (Å²) in [5.74, 6) is -1.50. The molecule has 0 bridgehead atoms. The molecule has 0 saturated heterocycles. The first kappa shape index (κ1) is 9.71. The first-order valence-corrected chi connectivity index (χ1v) is 4.05. The lowest BCUT2D eigenvalue weighted by molar-refractivity contribution is 0.0694. The lowest BCUT2D eigenvalue weighted by atomic mass is 9.97. The van der Waals surface area contributed by atoms with Crippen LogP contribution in [-0.4, -0.2) is 11.1 Å². The number of carboxylic acid groups (broad SMARTS) is 1. The zero-order valence-electron chi connectivity index (χ0n) is 7.54. The summed E-state index contributed by atoms with van der Waals surface area (Å²) in [5.41, 5.74) is 0.712. The molecule has 0 heterocycles. The molecule has 1 N–H and O–H groups in total. The molecule has 0 fully saturated rings. The van der Waals surface area contributed by atoms with Gasteiger partial charge < -0.3 is 5.11 Å². The van der Waals surface area contributed by atoms with Crippen LogP contribution in [0.5, 0.6) is 0 Å². The Labute approximate surface area is 76.0 Å². The second kappa shape index (κ2) is 3.56. The van der Waals surface area contributed by atoms with Crippen molar-refractivity contribution in [3.63, 3.8) is 0 Å². The molecule has 0 atom stereocenters. The first-order valence-electron chi connectivity index (χ1n) is 4.05. The van der Waals surface area contributed by atoms with Gasteiger partial charge in [0.15, 0.2) is 0 Å². The SMILES string of the molecule is CC(C)c1ccc(F)cc1C(=O)O. The zero-order chi connectivity index (χ0) is 10.0. The summed E-state index contributed by atoms with van der Waals surface area (Å²) in [4.78, 5) is 10.7. The second-order valence-corrected chi connectivity index (χ2v) is 3.19. The summed E-state index contributed by atoms with van der Waals surface area (Å²) in [6.45, 7) is 3.75. The third-order valence-corrected chi connectivity index (χ3v) is 1.87. The number of hydrogen-bond acceptors (Lipinski definition) is 1. The predicted molar refractivity (Wildman–Crippen MR) is 47.4 cm³/mol. The Morgan fingerprint density at radius 2 is 2.08 bits per heavy atom. The van der Waals surface area contributed by atoms with Gasteiger partial charge in [0.1, 0.15) is 5.82 Å². The molecule has 0 saturated carbocycles. The number of aromatic carboxylic acids is 1. The molecule has 0 spiro atoms. The van der Waals surface area contributed by atoms with Crippen molar-refractivity contribution < 1.29 is 14.3 Å². The Morgan fingerprint density at radius 1 is 1.46 bits per heavy atom. The largest absolute Gasteiger partial charge is 0.478 e. The van der Waals surface area contributed by atoms with E-state index < -0.39 is 11.8 Å². The quantitative estimate of drug-likeness (QED) is 0.763. The highest BCUT2D eigenvalue weighted by molar-refractivity contribution is 5.89. The van der Waals surface area contributed by atoms with Crippen molar-refractivity contribution in [3.05, 3.63) is 35.1 Å². The Morgan fingerprint density at radius 3 is 2.54 bits per heavy atom. The number of halogens is 1. The topological polar surface area (TPSA) is 37.3 Å². The Balaban J connectivity index is 3.27. The summed E-state index contributed by atoms with van der Waals surface area (Å²) in [6.07, 6.45) is 0. The van der Waals surface area contributed by atoms with Crippen LogP contribution in [0.2, 0.25) is 0 Å². The van der Waals surface area contributed by atoms with Gasteiger partial charge in [-0.3, -0.25) is 0 Å². The van der Waals surface area contributed by atoms with Crippen molar-refractivity contribution in [2.75, 3.05) is 0 Å². The van der Waals surface area contributed by atoms with Crippen LogP contribution in [0.15, 0.2) is 18.2 Å². The molecule has 0 aromatic heterocycles. The molecule has 0 aliphatic carbocycles. The third kappa shape index (κ3) is 2.05. The molecule has 0 amide bonds. The standard InChI is InChI=1S/C10H11FO2/c1-6(2)8-4-3-7(11)5-9(8)10(12)13/h3-6H,1-2H3,(H,12,13). The monoisotopic (exact) mass is 182 g/mol. The highest BCUT2D eigenvalue weighted by Gasteiger charge is 2.13. The summed E-state index contributed by atoms with van der Waals surface area (Å²) in [7, 11) is 0. The molecule has 1 aromatic carbocycles. The average Bonchev–Trinajstić information content (AvgIpc) is 2.03. The van der Waals surface area contributed by atoms with E-state index in [9.17, 15) is 9.18 Å². The molecule has 70 valence electrons. The first-order chi connectivity index (χ1) is 6.02. The fraction of sp³-hybridized carbons (Fsp3) is 0.300. The smallest absolute Gasteiger partial charge is 0.336 e. The van der Waals surface area contributed by atoms with E-state index in [2.05, 4.69) is 0 Å². The minimum Gasteiger partial charge on any atom is -0.478 e. The van der Waals surface area contributed by atoms with Gasteiger partial charge in [-0.15, -0.1) is 0 Å². The number of carbonyl (C=O) groups is 1. The number of rotatable bonds is 2. The Bertz CT molecular complexity index is 332. The van der Waals surface area contributed by atoms with Crippen molar-refractivity contribution in [1.82, 2.24) is 0 Å². The maximum atomic E-state index is 12.7. The summed E-state index contributed by atoms with van der Waals surface area (Å²) < 4.78 is 12.7. The molecule has 0 aliphatic rings. The van der Waals surface area contributed by atoms with Crippen LogP contribution < -0.4 is 0 Å². The van der Waals surface area contributed by atoms with Gasteiger partial charge in [0.25, 0.3) is 0 Å². The lowest BCUT2D eigenvalue weighted by Crippen LogP contribution is -2.04. The normalized spacial score (nSPS) is 10.5. The van der Waals surface area contributed by atoms with Gasteiger partial charge in [-0.2, -0.15) is 0 Å². The van der Waals surface area contributed by atoms with Crippen LogP contribution >= 0.6 is 0 Å². The molecule has 2 nitrogen and oxygen atoms in total. The van der Waals surface area contributed by atoms with Gasteiger partial charge in [-0.1, -0.05) is 19.9 Å². The van der Waals surface area contributed by atoms with Gasteiger partial charge in [0, 0.05) is 0 Å². The average molecular weight is 182 g/mol. The Kier molecular flexibility index (Phi) is 2.66. The van der Waals surface area contributed by atoms with E-state index in [0.717, 1.165) is 6.07 Å². The summed E-state index contributed by atoms with van der Waals surface area (Å²) in [5, 5.41) is 8.77. The van der Waals surface area contributed by atoms with Crippen molar-refractivity contribution in [1.29, 1.82) is 0 Å². The van der Waals surface area contributed by atoms with Crippen LogP contribution in [-0.2, 0) is 0 Å². The third-order valence-electron chi connectivity index (χ3n) is 1.87. The molecule has 1 aromatic rings. The van der Waals surface area contributed by atoms with Crippen LogP contribution in [0.1, 0.15) is 35.7 Å². The number of benzene rings is 1. The van der Waals surface area contributed by atoms with E-state index in [0.29, 0.717) is 5.56 Å². The molecular weight excluding hydrogens is 171 g/mol. The molecule has 0 unspecified atom stereocenters. The molecule has 1 rings (SSSR count). The van der Waals surface area contributed by atoms with Crippen LogP contribution in [0, 0.1) is 5.82 Å².